The van der Waals surface area contributed by atoms with Crippen molar-refractivity contribution in [1.82, 2.24) is 9.88 Å². The van der Waals surface area contributed by atoms with Crippen LogP contribution in [0, 0.1) is 0 Å². The summed E-state index contributed by atoms with van der Waals surface area (Å²) in [4.78, 5) is 11.7. The van der Waals surface area contributed by atoms with Crippen LogP contribution < -0.4 is 5.32 Å². The lowest BCUT2D eigenvalue weighted by molar-refractivity contribution is 0.0871. The first-order chi connectivity index (χ1) is 7.51. The lowest BCUT2D eigenvalue weighted by Crippen LogP contribution is -2.40. The van der Waals surface area contributed by atoms with Crippen molar-refractivity contribution in [2.75, 3.05) is 13.2 Å². The van der Waals surface area contributed by atoms with Gasteiger partial charge >= 0.3 is 0 Å². The predicted octanol–water partition coefficient (Wildman–Crippen LogP) is 0.415. The molecule has 1 heterocycles. The molecule has 3 N–H and O–H groups in total. The Bertz CT molecular complexity index is 388. The number of hydrogen-bond donors (Lipinski definition) is 3. The molecule has 0 aliphatic heterocycles. The number of carbonyl (C=O) groups excluding carboxylic acids is 1. The fourth-order valence-corrected chi connectivity index (χ4v) is 1.54. The largest absolute Gasteiger partial charge is 0.394 e. The smallest absolute Gasteiger partial charge is 0.268 e. The van der Waals surface area contributed by atoms with Gasteiger partial charge in [-0.25, -0.2) is 0 Å². The summed E-state index contributed by atoms with van der Waals surface area (Å²) in [6.45, 7) is -0.678. The molecule has 0 saturated heterocycles. The second kappa shape index (κ2) is 5.54. The highest BCUT2D eigenvalue weighted by Crippen LogP contribution is 2.24. The second-order valence-electron chi connectivity index (χ2n) is 3.26. The monoisotopic (exact) mass is 266 g/mol. The number of amides is 1. The number of rotatable bonds is 4. The third-order valence-electron chi connectivity index (χ3n) is 2.12. The molecule has 0 aliphatic rings. The minimum absolute atomic E-state index is 0.261. The van der Waals surface area contributed by atoms with E-state index in [9.17, 15) is 4.79 Å². The van der Waals surface area contributed by atoms with Gasteiger partial charge in [-0.05, 0) is 6.07 Å². The standard InChI is InChI=1S/C9H12Cl2N2O3/c1-13-7(2-6(10)8(13)11)9(16)12-5(3-14)4-15/h2,5,14-15H,3-4H2,1H3,(H,12,16). The fourth-order valence-electron chi connectivity index (χ4n) is 1.17. The van der Waals surface area contributed by atoms with Gasteiger partial charge in [0.1, 0.15) is 10.8 Å². The van der Waals surface area contributed by atoms with E-state index < -0.39 is 11.9 Å². The van der Waals surface area contributed by atoms with Gasteiger partial charge in [0.25, 0.3) is 5.91 Å². The van der Waals surface area contributed by atoms with Gasteiger partial charge in [0.15, 0.2) is 0 Å². The van der Waals surface area contributed by atoms with E-state index in [2.05, 4.69) is 5.32 Å². The van der Waals surface area contributed by atoms with Crippen molar-refractivity contribution in [1.29, 1.82) is 0 Å². The maximum Gasteiger partial charge on any atom is 0.268 e. The SMILES string of the molecule is Cn1c(C(=O)NC(CO)CO)cc(Cl)c1Cl. The molecule has 16 heavy (non-hydrogen) atoms. The Balaban J connectivity index is 2.84. The van der Waals surface area contributed by atoms with Crippen LogP contribution in [0.25, 0.3) is 0 Å². The molecule has 7 heteroatoms. The maximum absolute atomic E-state index is 11.7. The Morgan fingerprint density at radius 1 is 1.50 bits per heavy atom. The number of halogens is 2. The van der Waals surface area contributed by atoms with Crippen LogP contribution in [0.15, 0.2) is 6.07 Å². The number of aliphatic hydroxyl groups excluding tert-OH is 2. The fraction of sp³-hybridized carbons (Fsp3) is 0.444. The van der Waals surface area contributed by atoms with Crippen LogP contribution >= 0.6 is 23.2 Å². The topological polar surface area (TPSA) is 74.5 Å². The molecule has 0 bridgehead atoms. The van der Waals surface area contributed by atoms with E-state index in [0.717, 1.165) is 0 Å². The molecular weight excluding hydrogens is 255 g/mol. The van der Waals surface area contributed by atoms with E-state index in [4.69, 9.17) is 33.4 Å². The van der Waals surface area contributed by atoms with Crippen LogP contribution in [0.2, 0.25) is 10.2 Å². The van der Waals surface area contributed by atoms with E-state index >= 15 is 0 Å². The van der Waals surface area contributed by atoms with Crippen molar-refractivity contribution < 1.29 is 15.0 Å². The molecule has 5 nitrogen and oxygen atoms in total. The molecule has 1 amide bonds. The maximum atomic E-state index is 11.7. The summed E-state index contributed by atoms with van der Waals surface area (Å²) >= 11 is 11.6. The summed E-state index contributed by atoms with van der Waals surface area (Å²) in [6.07, 6.45) is 0. The van der Waals surface area contributed by atoms with Gasteiger partial charge in [-0.1, -0.05) is 23.2 Å². The molecule has 0 spiro atoms. The van der Waals surface area contributed by atoms with E-state index in [1.165, 1.54) is 10.6 Å². The number of aromatic nitrogens is 1. The summed E-state index contributed by atoms with van der Waals surface area (Å²) in [5, 5.41) is 20.6. The zero-order valence-corrected chi connectivity index (χ0v) is 10.1. The van der Waals surface area contributed by atoms with E-state index in [-0.39, 0.29) is 29.1 Å². The Hall–Kier alpha value is -0.750. The highest BCUT2D eigenvalue weighted by molar-refractivity contribution is 6.41. The van der Waals surface area contributed by atoms with Crippen molar-refractivity contribution in [3.8, 4) is 0 Å². The van der Waals surface area contributed by atoms with Crippen molar-refractivity contribution in [2.24, 2.45) is 7.05 Å². The van der Waals surface area contributed by atoms with E-state index in [1.807, 2.05) is 0 Å². The number of nitrogens with one attached hydrogen (secondary N) is 1. The average Bonchev–Trinajstić information content (AvgIpc) is 2.53. The molecular formula is C9H12Cl2N2O3. The van der Waals surface area contributed by atoms with Gasteiger partial charge in [-0.3, -0.25) is 4.79 Å². The Kier molecular flexibility index (Phi) is 4.61. The predicted molar refractivity (Wildman–Crippen MR) is 60.9 cm³/mol. The van der Waals surface area contributed by atoms with Crippen molar-refractivity contribution >= 4 is 29.1 Å². The van der Waals surface area contributed by atoms with Crippen LogP contribution in [-0.4, -0.2) is 39.9 Å². The minimum Gasteiger partial charge on any atom is -0.394 e. The average molecular weight is 267 g/mol. The van der Waals surface area contributed by atoms with Gasteiger partial charge in [0, 0.05) is 7.05 Å². The normalized spacial score (nSPS) is 10.9. The Morgan fingerprint density at radius 3 is 2.44 bits per heavy atom. The molecule has 90 valence electrons. The summed E-state index contributed by atoms with van der Waals surface area (Å²) in [5.41, 5.74) is 0.266. The molecule has 1 aromatic heterocycles. The molecule has 1 aromatic rings. The summed E-state index contributed by atoms with van der Waals surface area (Å²) < 4.78 is 1.42. The van der Waals surface area contributed by atoms with Gasteiger partial charge < -0.3 is 20.1 Å². The Labute approximate surface area is 103 Å². The van der Waals surface area contributed by atoms with Gasteiger partial charge in [-0.15, -0.1) is 0 Å². The van der Waals surface area contributed by atoms with Crippen LogP contribution in [0.5, 0.6) is 0 Å². The van der Waals surface area contributed by atoms with Crippen LogP contribution in [0.3, 0.4) is 0 Å². The third-order valence-corrected chi connectivity index (χ3v) is 2.97. The molecule has 0 aliphatic carbocycles. The molecule has 0 atom stereocenters. The lowest BCUT2D eigenvalue weighted by atomic mass is 10.3. The third kappa shape index (κ3) is 2.68. The first-order valence-corrected chi connectivity index (χ1v) is 5.30. The van der Waals surface area contributed by atoms with Crippen LogP contribution in [0.4, 0.5) is 0 Å². The molecule has 0 unspecified atom stereocenters. The quantitative estimate of drug-likeness (QED) is 0.740. The van der Waals surface area contributed by atoms with Crippen molar-refractivity contribution in [3.05, 3.63) is 21.9 Å². The summed E-state index contributed by atoms with van der Waals surface area (Å²) in [5.74, 6) is -0.454. The van der Waals surface area contributed by atoms with Crippen molar-refractivity contribution in [3.63, 3.8) is 0 Å². The van der Waals surface area contributed by atoms with Crippen LogP contribution in [0.1, 0.15) is 10.5 Å². The highest BCUT2D eigenvalue weighted by Gasteiger charge is 2.18. The molecule has 0 aromatic carbocycles. The van der Waals surface area contributed by atoms with Gasteiger partial charge in [-0.2, -0.15) is 0 Å². The first-order valence-electron chi connectivity index (χ1n) is 4.54. The lowest BCUT2D eigenvalue weighted by Gasteiger charge is -2.13. The molecule has 0 radical (unpaired) electrons. The summed E-state index contributed by atoms with van der Waals surface area (Å²) in [7, 11) is 1.59. The van der Waals surface area contributed by atoms with Crippen molar-refractivity contribution in [2.45, 2.75) is 6.04 Å². The number of hydrogen-bond acceptors (Lipinski definition) is 3. The van der Waals surface area contributed by atoms with E-state index in [0.29, 0.717) is 0 Å². The van der Waals surface area contributed by atoms with Gasteiger partial charge in [0.2, 0.25) is 0 Å². The number of carbonyl (C=O) groups is 1. The number of nitrogens with zero attached hydrogens (tertiary/aromatic N) is 1. The molecule has 0 saturated carbocycles. The van der Waals surface area contributed by atoms with Gasteiger partial charge in [0.05, 0.1) is 24.3 Å². The Morgan fingerprint density at radius 2 is 2.06 bits per heavy atom. The first kappa shape index (κ1) is 13.3. The van der Waals surface area contributed by atoms with Crippen LogP contribution in [-0.2, 0) is 7.05 Å². The summed E-state index contributed by atoms with van der Waals surface area (Å²) in [6, 6.07) is 0.727. The van der Waals surface area contributed by atoms with E-state index in [1.54, 1.807) is 7.05 Å². The number of aliphatic hydroxyl groups is 2. The zero-order valence-electron chi connectivity index (χ0n) is 8.57. The highest BCUT2D eigenvalue weighted by atomic mass is 35.5. The minimum atomic E-state index is -0.694. The second-order valence-corrected chi connectivity index (χ2v) is 4.03. The molecule has 0 fully saturated rings. The zero-order chi connectivity index (χ0) is 12.3. The molecule has 1 rings (SSSR count).